The van der Waals surface area contributed by atoms with Gasteiger partial charge in [0.15, 0.2) is 5.78 Å². The lowest BCUT2D eigenvalue weighted by atomic mass is 9.97. The van der Waals surface area contributed by atoms with Gasteiger partial charge in [-0.25, -0.2) is 9.97 Å². The van der Waals surface area contributed by atoms with E-state index in [9.17, 15) is 14.4 Å². The molecule has 0 aliphatic heterocycles. The Balaban J connectivity index is 1.96. The molecule has 1 aliphatic rings. The SMILES string of the molecule is C=C/C(C(C)=O)=C(\C=C/C)c1nc2ccc(C(=O)N(CC)CCCC3=CCCC=C3)cc2nc1CCCCC(=O)O. The number of carboxylic acid groups (broad SMARTS) is 1. The Labute approximate surface area is 243 Å². The molecule has 1 amide bonds. The van der Waals surface area contributed by atoms with E-state index in [-0.39, 0.29) is 18.1 Å². The molecule has 1 heterocycles. The number of fused-ring (bicyclic) bond motifs is 1. The van der Waals surface area contributed by atoms with Crippen LogP contribution >= 0.6 is 0 Å². The molecule has 216 valence electrons. The zero-order valence-corrected chi connectivity index (χ0v) is 24.5. The van der Waals surface area contributed by atoms with Gasteiger partial charge >= 0.3 is 5.97 Å². The number of aliphatic carboxylic acids is 1. The summed E-state index contributed by atoms with van der Waals surface area (Å²) in [6.45, 7) is 10.4. The lowest BCUT2D eigenvalue weighted by molar-refractivity contribution is -0.137. The second-order valence-corrected chi connectivity index (χ2v) is 10.2. The molecule has 0 bridgehead atoms. The van der Waals surface area contributed by atoms with Crippen molar-refractivity contribution in [3.63, 3.8) is 0 Å². The molecule has 0 saturated heterocycles. The quantitative estimate of drug-likeness (QED) is 0.144. The molecule has 7 nitrogen and oxygen atoms in total. The van der Waals surface area contributed by atoms with Crippen molar-refractivity contribution in [3.05, 3.63) is 89.3 Å². The molecule has 0 unspecified atom stereocenters. The number of aryl methyl sites for hydroxylation is 1. The third kappa shape index (κ3) is 8.68. The number of carboxylic acids is 1. The number of amides is 1. The van der Waals surface area contributed by atoms with Gasteiger partial charge in [-0.3, -0.25) is 14.4 Å². The van der Waals surface area contributed by atoms with Crippen LogP contribution in [0.15, 0.2) is 72.4 Å². The smallest absolute Gasteiger partial charge is 0.303 e. The highest BCUT2D eigenvalue weighted by Crippen LogP contribution is 2.27. The summed E-state index contributed by atoms with van der Waals surface area (Å²) in [7, 11) is 0. The molecule has 1 N–H and O–H groups in total. The lowest BCUT2D eigenvalue weighted by Crippen LogP contribution is -2.31. The first-order valence-electron chi connectivity index (χ1n) is 14.5. The van der Waals surface area contributed by atoms with Crippen molar-refractivity contribution >= 4 is 34.3 Å². The van der Waals surface area contributed by atoms with Gasteiger partial charge in [-0.1, -0.05) is 48.6 Å². The van der Waals surface area contributed by atoms with E-state index in [1.807, 2.05) is 30.9 Å². The number of carbonyl (C=O) groups excluding carboxylic acids is 2. The summed E-state index contributed by atoms with van der Waals surface area (Å²) in [4.78, 5) is 48.6. The monoisotopic (exact) mass is 555 g/mol. The number of hydrogen-bond acceptors (Lipinski definition) is 5. The number of unbranched alkanes of at least 4 members (excludes halogenated alkanes) is 1. The number of nitrogens with zero attached hydrogens (tertiary/aromatic N) is 3. The van der Waals surface area contributed by atoms with Crippen LogP contribution < -0.4 is 0 Å². The van der Waals surface area contributed by atoms with Gasteiger partial charge in [0.2, 0.25) is 0 Å². The molecule has 7 heteroatoms. The molecule has 41 heavy (non-hydrogen) atoms. The zero-order valence-electron chi connectivity index (χ0n) is 24.5. The summed E-state index contributed by atoms with van der Waals surface area (Å²) in [5.41, 5.74) is 5.37. The number of hydrogen-bond donors (Lipinski definition) is 1. The van der Waals surface area contributed by atoms with Crippen LogP contribution in [0.1, 0.15) is 87.5 Å². The van der Waals surface area contributed by atoms with Gasteiger partial charge in [0.05, 0.1) is 22.4 Å². The van der Waals surface area contributed by atoms with Crippen molar-refractivity contribution < 1.29 is 19.5 Å². The van der Waals surface area contributed by atoms with E-state index in [0.29, 0.717) is 71.5 Å². The summed E-state index contributed by atoms with van der Waals surface area (Å²) in [5.74, 6) is -1.02. The third-order valence-electron chi connectivity index (χ3n) is 7.13. The van der Waals surface area contributed by atoms with Crippen LogP contribution in [-0.4, -0.2) is 50.7 Å². The van der Waals surface area contributed by atoms with Crippen LogP contribution in [0.2, 0.25) is 0 Å². The molecule has 0 fully saturated rings. The summed E-state index contributed by atoms with van der Waals surface area (Å²) in [5, 5.41) is 9.06. The van der Waals surface area contributed by atoms with Crippen LogP contribution in [0.5, 0.6) is 0 Å². The number of rotatable bonds is 15. The molecule has 0 radical (unpaired) electrons. The van der Waals surface area contributed by atoms with E-state index < -0.39 is 5.97 Å². The van der Waals surface area contributed by atoms with Crippen molar-refractivity contribution in [2.45, 2.75) is 72.1 Å². The van der Waals surface area contributed by atoms with E-state index in [1.165, 1.54) is 18.6 Å². The fourth-order valence-electron chi connectivity index (χ4n) is 5.00. The van der Waals surface area contributed by atoms with E-state index in [0.717, 1.165) is 25.7 Å². The van der Waals surface area contributed by atoms with Crippen LogP contribution in [0.4, 0.5) is 0 Å². The van der Waals surface area contributed by atoms with Crippen molar-refractivity contribution in [3.8, 4) is 0 Å². The average Bonchev–Trinajstić information content (AvgIpc) is 2.96. The Kier molecular flexibility index (Phi) is 11.9. The van der Waals surface area contributed by atoms with Crippen LogP contribution in [0, 0.1) is 0 Å². The minimum absolute atomic E-state index is 0.0449. The fraction of sp³-hybridized carbons (Fsp3) is 0.382. The molecule has 1 aliphatic carbocycles. The Morgan fingerprint density at radius 2 is 1.88 bits per heavy atom. The second kappa shape index (κ2) is 15.6. The molecule has 0 atom stereocenters. The Morgan fingerprint density at radius 1 is 1.07 bits per heavy atom. The van der Waals surface area contributed by atoms with Gasteiger partial charge in [0.25, 0.3) is 5.91 Å². The predicted octanol–water partition coefficient (Wildman–Crippen LogP) is 7.05. The number of Topliss-reactive ketones (excluding diaryl/α,β-unsaturated/α-hetero) is 1. The molecular formula is C34H41N3O4. The van der Waals surface area contributed by atoms with Crippen molar-refractivity contribution in [1.29, 1.82) is 0 Å². The second-order valence-electron chi connectivity index (χ2n) is 10.2. The van der Waals surface area contributed by atoms with Crippen LogP contribution in [-0.2, 0) is 16.0 Å². The predicted molar refractivity (Wildman–Crippen MR) is 165 cm³/mol. The van der Waals surface area contributed by atoms with E-state index in [4.69, 9.17) is 15.1 Å². The molecular weight excluding hydrogens is 514 g/mol. The summed E-state index contributed by atoms with van der Waals surface area (Å²) >= 11 is 0. The molecule has 1 aromatic carbocycles. The Morgan fingerprint density at radius 3 is 2.51 bits per heavy atom. The van der Waals surface area contributed by atoms with E-state index >= 15 is 0 Å². The highest BCUT2D eigenvalue weighted by Gasteiger charge is 2.19. The Bertz CT molecular complexity index is 1410. The Hall–Kier alpha value is -4.13. The van der Waals surface area contributed by atoms with E-state index in [1.54, 1.807) is 18.2 Å². The molecule has 3 rings (SSSR count). The van der Waals surface area contributed by atoms with E-state index in [2.05, 4.69) is 24.8 Å². The first kappa shape index (κ1) is 31.4. The van der Waals surface area contributed by atoms with Gasteiger partial charge < -0.3 is 10.0 Å². The molecule has 2 aromatic rings. The van der Waals surface area contributed by atoms with Gasteiger partial charge in [-0.2, -0.15) is 0 Å². The van der Waals surface area contributed by atoms with Crippen LogP contribution in [0.25, 0.3) is 16.6 Å². The lowest BCUT2D eigenvalue weighted by Gasteiger charge is -2.21. The van der Waals surface area contributed by atoms with Crippen molar-refractivity contribution in [1.82, 2.24) is 14.9 Å². The molecule has 1 aromatic heterocycles. The minimum Gasteiger partial charge on any atom is -0.481 e. The largest absolute Gasteiger partial charge is 0.481 e. The normalized spacial score (nSPS) is 13.7. The first-order valence-corrected chi connectivity index (χ1v) is 14.5. The highest BCUT2D eigenvalue weighted by molar-refractivity contribution is 6.05. The number of carbonyl (C=O) groups is 3. The van der Waals surface area contributed by atoms with Crippen LogP contribution in [0.3, 0.4) is 0 Å². The average molecular weight is 556 g/mol. The summed E-state index contributed by atoms with van der Waals surface area (Å²) in [6, 6.07) is 5.36. The number of allylic oxidation sites excluding steroid dienone is 9. The van der Waals surface area contributed by atoms with Gasteiger partial charge in [0, 0.05) is 36.2 Å². The highest BCUT2D eigenvalue weighted by atomic mass is 16.4. The number of aromatic nitrogens is 2. The first-order chi connectivity index (χ1) is 19.8. The van der Waals surface area contributed by atoms with Gasteiger partial charge in [-0.05, 0) is 83.9 Å². The van der Waals surface area contributed by atoms with Crippen molar-refractivity contribution in [2.24, 2.45) is 0 Å². The fourth-order valence-corrected chi connectivity index (χ4v) is 5.00. The maximum atomic E-state index is 13.5. The topological polar surface area (TPSA) is 100 Å². The van der Waals surface area contributed by atoms with Crippen molar-refractivity contribution in [2.75, 3.05) is 13.1 Å². The maximum absolute atomic E-state index is 13.5. The minimum atomic E-state index is -0.842. The number of ketones is 1. The molecule has 0 saturated carbocycles. The standard InChI is InChI=1S/C34H41N3O4/c1-5-14-28(27(6-2)24(4)38)33-30(18-11-12-19-32(39)40)35-31-23-26(20-21-29(31)36-33)34(41)37(7-3)22-13-17-25-15-9-8-10-16-25/h5-6,9,14-16,20-21,23H,2,7-8,10-13,17-19,22H2,1,3-4H3,(H,39,40)/b14-5-,28-27-. The maximum Gasteiger partial charge on any atom is 0.303 e. The zero-order chi connectivity index (χ0) is 29.8. The summed E-state index contributed by atoms with van der Waals surface area (Å²) < 4.78 is 0. The third-order valence-corrected chi connectivity index (χ3v) is 7.13. The van der Waals surface area contributed by atoms with Gasteiger partial charge in [0.1, 0.15) is 0 Å². The summed E-state index contributed by atoms with van der Waals surface area (Å²) in [6.07, 6.45) is 17.5. The molecule has 0 spiro atoms. The van der Waals surface area contributed by atoms with Gasteiger partial charge in [-0.15, -0.1) is 0 Å². The number of benzene rings is 1.